The first-order valence-corrected chi connectivity index (χ1v) is 11.3. The molecule has 5 nitrogen and oxygen atoms in total. The second-order valence-corrected chi connectivity index (χ2v) is 10.8. The van der Waals surface area contributed by atoms with Gasteiger partial charge in [0.05, 0.1) is 5.25 Å². The molecule has 3 fully saturated rings. The fourth-order valence-electron chi connectivity index (χ4n) is 4.69. The van der Waals surface area contributed by atoms with E-state index in [0.29, 0.717) is 16.6 Å². The van der Waals surface area contributed by atoms with E-state index in [1.807, 2.05) is 12.1 Å². The van der Waals surface area contributed by atoms with E-state index in [0.717, 1.165) is 23.0 Å². The van der Waals surface area contributed by atoms with Crippen molar-refractivity contribution in [2.24, 2.45) is 27.0 Å². The van der Waals surface area contributed by atoms with Crippen LogP contribution in [-0.4, -0.2) is 27.8 Å². The SMILES string of the molecule is CC12CCC(C/C1=N\N=C1/NC(=O)C(CC(=O)c3ccc(Br)cc3)S1)C2(C)C. The van der Waals surface area contributed by atoms with Gasteiger partial charge in [-0.25, -0.2) is 0 Å². The minimum absolute atomic E-state index is 0.0462. The van der Waals surface area contributed by atoms with Crippen LogP contribution in [-0.2, 0) is 4.79 Å². The quantitative estimate of drug-likeness (QED) is 0.516. The number of amidine groups is 1. The predicted octanol–water partition coefficient (Wildman–Crippen LogP) is 4.81. The third kappa shape index (κ3) is 3.26. The van der Waals surface area contributed by atoms with Gasteiger partial charge >= 0.3 is 0 Å². The third-order valence-electron chi connectivity index (χ3n) is 7.09. The molecule has 1 aromatic carbocycles. The van der Waals surface area contributed by atoms with Crippen LogP contribution in [0, 0.1) is 16.7 Å². The first kappa shape index (κ1) is 19.8. The topological polar surface area (TPSA) is 70.9 Å². The summed E-state index contributed by atoms with van der Waals surface area (Å²) >= 11 is 4.66. The van der Waals surface area contributed by atoms with Crippen LogP contribution in [0.4, 0.5) is 0 Å². The molecular formula is C21H24BrN3O2S. The zero-order chi connectivity index (χ0) is 20.1. The number of hydrogen-bond acceptors (Lipinski definition) is 5. The van der Waals surface area contributed by atoms with Crippen LogP contribution >= 0.6 is 27.7 Å². The van der Waals surface area contributed by atoms with Gasteiger partial charge in [-0.2, -0.15) is 5.10 Å². The zero-order valence-corrected chi connectivity index (χ0v) is 18.7. The van der Waals surface area contributed by atoms with Gasteiger partial charge in [0, 0.05) is 27.6 Å². The maximum atomic E-state index is 12.5. The Balaban J connectivity index is 1.44. The molecule has 1 aliphatic heterocycles. The first-order valence-electron chi connectivity index (χ1n) is 9.62. The van der Waals surface area contributed by atoms with Crippen molar-refractivity contribution in [1.82, 2.24) is 5.32 Å². The van der Waals surface area contributed by atoms with Crippen LogP contribution in [0.25, 0.3) is 0 Å². The van der Waals surface area contributed by atoms with E-state index in [4.69, 9.17) is 0 Å². The number of benzene rings is 1. The summed E-state index contributed by atoms with van der Waals surface area (Å²) in [6.07, 6.45) is 3.55. The number of nitrogens with one attached hydrogen (secondary N) is 1. The molecule has 0 spiro atoms. The molecular weight excluding hydrogens is 438 g/mol. The summed E-state index contributed by atoms with van der Waals surface area (Å²) in [6, 6.07) is 7.19. The molecule has 4 rings (SSSR count). The van der Waals surface area contributed by atoms with E-state index in [-0.39, 0.29) is 28.9 Å². The standard InChI is InChI=1S/C21H24BrN3O2S/c1-20(2)13-8-9-21(20,3)17(10-13)24-25-19-23-18(27)16(28-19)11-15(26)12-4-6-14(22)7-5-12/h4-7,13,16H,8-11H2,1-3H3,(H,23,25,27)/b24-17+. The summed E-state index contributed by atoms with van der Waals surface area (Å²) in [5, 5.41) is 11.7. The number of thioether (sulfide) groups is 1. The number of Topliss-reactive ketones (excluding diaryl/α,β-unsaturated/α-hetero) is 1. The van der Waals surface area contributed by atoms with Crippen molar-refractivity contribution in [1.29, 1.82) is 0 Å². The highest BCUT2D eigenvalue weighted by atomic mass is 79.9. The molecule has 2 aliphatic carbocycles. The van der Waals surface area contributed by atoms with Gasteiger partial charge < -0.3 is 5.32 Å². The number of halogens is 1. The van der Waals surface area contributed by atoms with Crippen molar-refractivity contribution in [3.63, 3.8) is 0 Å². The van der Waals surface area contributed by atoms with Gasteiger partial charge in [0.15, 0.2) is 11.0 Å². The lowest BCUT2D eigenvalue weighted by molar-refractivity contribution is -0.118. The number of carbonyl (C=O) groups is 2. The molecule has 3 aliphatic rings. The van der Waals surface area contributed by atoms with Crippen LogP contribution in [0.15, 0.2) is 38.9 Å². The van der Waals surface area contributed by atoms with Gasteiger partial charge in [-0.1, -0.05) is 60.6 Å². The summed E-state index contributed by atoms with van der Waals surface area (Å²) < 4.78 is 0.919. The molecule has 1 amide bonds. The van der Waals surface area contributed by atoms with Gasteiger partial charge in [0.25, 0.3) is 0 Å². The Morgan fingerprint density at radius 2 is 1.96 bits per heavy atom. The molecule has 3 atom stereocenters. The predicted molar refractivity (Wildman–Crippen MR) is 117 cm³/mol. The number of ketones is 1. The molecule has 7 heteroatoms. The Labute approximate surface area is 178 Å². The van der Waals surface area contributed by atoms with Crippen LogP contribution in [0.5, 0.6) is 0 Å². The van der Waals surface area contributed by atoms with E-state index in [2.05, 4.69) is 52.2 Å². The summed E-state index contributed by atoms with van der Waals surface area (Å²) in [5.74, 6) is 0.447. The van der Waals surface area contributed by atoms with Gasteiger partial charge in [-0.15, -0.1) is 5.10 Å². The smallest absolute Gasteiger partial charge is 0.240 e. The molecule has 3 unspecified atom stereocenters. The molecule has 1 saturated heterocycles. The first-order chi connectivity index (χ1) is 13.2. The Hall–Kier alpha value is -1.47. The van der Waals surface area contributed by atoms with Crippen molar-refractivity contribution < 1.29 is 9.59 Å². The second-order valence-electron chi connectivity index (χ2n) is 8.68. The fraction of sp³-hybridized carbons (Fsp3) is 0.524. The van der Waals surface area contributed by atoms with Crippen molar-refractivity contribution in [2.45, 2.75) is 51.7 Å². The normalized spacial score (nSPS) is 33.6. The molecule has 1 N–H and O–H groups in total. The Morgan fingerprint density at radius 1 is 1.25 bits per heavy atom. The molecule has 1 heterocycles. The van der Waals surface area contributed by atoms with E-state index in [1.54, 1.807) is 12.1 Å². The second kappa shape index (κ2) is 7.10. The van der Waals surface area contributed by atoms with Gasteiger partial charge in [0.2, 0.25) is 5.91 Å². The summed E-state index contributed by atoms with van der Waals surface area (Å²) in [4.78, 5) is 24.7. The monoisotopic (exact) mass is 461 g/mol. The minimum atomic E-state index is -0.456. The maximum Gasteiger partial charge on any atom is 0.240 e. The van der Waals surface area contributed by atoms with Gasteiger partial charge in [-0.05, 0) is 42.7 Å². The molecule has 1 aromatic rings. The van der Waals surface area contributed by atoms with Crippen LogP contribution in [0.2, 0.25) is 0 Å². The Bertz CT molecular complexity index is 893. The average Bonchev–Trinajstić information content (AvgIpc) is 3.17. The van der Waals surface area contributed by atoms with Crippen molar-refractivity contribution in [3.05, 3.63) is 34.3 Å². The summed E-state index contributed by atoms with van der Waals surface area (Å²) in [6.45, 7) is 6.95. The molecule has 28 heavy (non-hydrogen) atoms. The zero-order valence-electron chi connectivity index (χ0n) is 16.3. The van der Waals surface area contributed by atoms with E-state index in [1.165, 1.54) is 18.2 Å². The average molecular weight is 462 g/mol. The number of amides is 1. The summed E-state index contributed by atoms with van der Waals surface area (Å²) in [7, 11) is 0. The Morgan fingerprint density at radius 3 is 2.57 bits per heavy atom. The minimum Gasteiger partial charge on any atom is -0.303 e. The third-order valence-corrected chi connectivity index (χ3v) is 8.69. The van der Waals surface area contributed by atoms with Crippen LogP contribution in [0.3, 0.4) is 0 Å². The summed E-state index contributed by atoms with van der Waals surface area (Å²) in [5.41, 5.74) is 2.09. The number of rotatable bonds is 4. The van der Waals surface area contributed by atoms with Gasteiger partial charge in [0.1, 0.15) is 0 Å². The lowest BCUT2D eigenvalue weighted by Gasteiger charge is -2.34. The molecule has 0 aromatic heterocycles. The molecule has 2 saturated carbocycles. The highest BCUT2D eigenvalue weighted by molar-refractivity contribution is 9.10. The lowest BCUT2D eigenvalue weighted by Crippen LogP contribution is -2.32. The largest absolute Gasteiger partial charge is 0.303 e. The highest BCUT2D eigenvalue weighted by Gasteiger charge is 2.60. The fourth-order valence-corrected chi connectivity index (χ4v) is 5.88. The van der Waals surface area contributed by atoms with Crippen molar-refractivity contribution in [3.8, 4) is 0 Å². The van der Waals surface area contributed by atoms with E-state index < -0.39 is 5.25 Å². The number of nitrogens with zero attached hydrogens (tertiary/aromatic N) is 2. The van der Waals surface area contributed by atoms with E-state index in [9.17, 15) is 9.59 Å². The van der Waals surface area contributed by atoms with Crippen molar-refractivity contribution >= 4 is 50.3 Å². The maximum absolute atomic E-state index is 12.5. The number of fused-ring (bicyclic) bond motifs is 2. The van der Waals surface area contributed by atoms with Crippen LogP contribution < -0.4 is 5.32 Å². The van der Waals surface area contributed by atoms with Crippen molar-refractivity contribution in [2.75, 3.05) is 0 Å². The molecule has 2 bridgehead atoms. The van der Waals surface area contributed by atoms with Crippen LogP contribution in [0.1, 0.15) is 56.8 Å². The number of hydrogen-bond donors (Lipinski definition) is 1. The lowest BCUT2D eigenvalue weighted by atomic mass is 9.70. The molecule has 148 valence electrons. The van der Waals surface area contributed by atoms with E-state index >= 15 is 0 Å². The Kier molecular flexibility index (Phi) is 5.02. The molecule has 0 radical (unpaired) electrons. The highest BCUT2D eigenvalue weighted by Crippen LogP contribution is 2.64. The van der Waals surface area contributed by atoms with Gasteiger partial charge in [-0.3, -0.25) is 9.59 Å². The number of carbonyl (C=O) groups excluding carboxylic acids is 2.